The van der Waals surface area contributed by atoms with Crippen molar-refractivity contribution < 1.29 is 19.1 Å². The minimum atomic E-state index is -0.573. The highest BCUT2D eigenvalue weighted by atomic mass is 16.5. The smallest absolute Gasteiger partial charge is 0.311 e. The fourth-order valence-corrected chi connectivity index (χ4v) is 3.64. The van der Waals surface area contributed by atoms with Crippen molar-refractivity contribution in [3.8, 4) is 0 Å². The van der Waals surface area contributed by atoms with Crippen LogP contribution in [0, 0.1) is 26.7 Å². The number of amides is 2. The average molecular weight is 408 g/mol. The first-order valence-corrected chi connectivity index (χ1v) is 10.2. The molecule has 0 spiro atoms. The van der Waals surface area contributed by atoms with Crippen LogP contribution in [-0.4, -0.2) is 30.9 Å². The predicted molar refractivity (Wildman–Crippen MR) is 117 cm³/mol. The van der Waals surface area contributed by atoms with Gasteiger partial charge >= 0.3 is 5.97 Å². The van der Waals surface area contributed by atoms with Crippen LogP contribution in [0.2, 0.25) is 0 Å². The van der Waals surface area contributed by atoms with Crippen LogP contribution in [0.5, 0.6) is 0 Å². The summed E-state index contributed by atoms with van der Waals surface area (Å²) in [7, 11) is 0. The highest BCUT2D eigenvalue weighted by molar-refractivity contribution is 6.00. The van der Waals surface area contributed by atoms with E-state index in [0.717, 1.165) is 40.0 Å². The molecule has 158 valence electrons. The van der Waals surface area contributed by atoms with E-state index < -0.39 is 11.9 Å². The van der Waals surface area contributed by atoms with Gasteiger partial charge in [-0.1, -0.05) is 31.2 Å². The molecule has 1 atom stereocenters. The van der Waals surface area contributed by atoms with E-state index in [2.05, 4.69) is 5.32 Å². The van der Waals surface area contributed by atoms with Crippen molar-refractivity contribution in [3.05, 3.63) is 58.7 Å². The van der Waals surface area contributed by atoms with Gasteiger partial charge in [-0.15, -0.1) is 0 Å². The lowest BCUT2D eigenvalue weighted by Gasteiger charge is -2.18. The van der Waals surface area contributed by atoms with Crippen LogP contribution in [0.25, 0.3) is 0 Å². The first kappa shape index (κ1) is 21.6. The molecule has 0 bridgehead atoms. The second kappa shape index (κ2) is 9.11. The van der Waals surface area contributed by atoms with Gasteiger partial charge in [-0.05, 0) is 61.6 Å². The number of rotatable bonds is 6. The summed E-state index contributed by atoms with van der Waals surface area (Å²) in [5, 5.41) is 2.84. The molecule has 0 radical (unpaired) electrons. The minimum absolute atomic E-state index is 0.0884. The Kier molecular flexibility index (Phi) is 6.55. The number of benzene rings is 2. The van der Waals surface area contributed by atoms with Crippen molar-refractivity contribution in [1.82, 2.24) is 0 Å². The molecular weight excluding hydrogens is 380 g/mol. The van der Waals surface area contributed by atoms with E-state index in [1.165, 1.54) is 0 Å². The fraction of sp³-hybridized carbons (Fsp3) is 0.375. The number of ether oxygens (including phenoxy) is 1. The number of aryl methyl sites for hydroxylation is 4. The standard InChI is InChI=1S/C24H28N2O4/c1-5-18-8-6-7-16(3)23(18)25-21(27)14-30-24(29)19-12-22(28)26(13-19)20-10-9-15(2)17(4)11-20/h6-11,19H,5,12-14H2,1-4H3,(H,25,27)/t19-/m1/s1. The van der Waals surface area contributed by atoms with Gasteiger partial charge in [0.15, 0.2) is 6.61 Å². The summed E-state index contributed by atoms with van der Waals surface area (Å²) in [4.78, 5) is 38.8. The lowest BCUT2D eigenvalue weighted by atomic mass is 10.1. The molecule has 2 amide bonds. The van der Waals surface area contributed by atoms with E-state index in [9.17, 15) is 14.4 Å². The van der Waals surface area contributed by atoms with Crippen molar-refractivity contribution in [1.29, 1.82) is 0 Å². The maximum atomic E-state index is 12.5. The summed E-state index contributed by atoms with van der Waals surface area (Å²) in [5.41, 5.74) is 5.76. The largest absolute Gasteiger partial charge is 0.455 e. The van der Waals surface area contributed by atoms with Gasteiger partial charge in [0.05, 0.1) is 5.92 Å². The Morgan fingerprint density at radius 1 is 1.10 bits per heavy atom. The average Bonchev–Trinajstić information content (AvgIpc) is 3.11. The van der Waals surface area contributed by atoms with E-state index in [4.69, 9.17) is 4.74 Å². The summed E-state index contributed by atoms with van der Waals surface area (Å²) in [5.74, 6) is -1.60. The lowest BCUT2D eigenvalue weighted by molar-refractivity contribution is -0.151. The summed E-state index contributed by atoms with van der Waals surface area (Å²) in [6.07, 6.45) is 0.876. The van der Waals surface area contributed by atoms with Gasteiger partial charge in [-0.25, -0.2) is 0 Å². The highest BCUT2D eigenvalue weighted by Crippen LogP contribution is 2.27. The Hall–Kier alpha value is -3.15. The maximum Gasteiger partial charge on any atom is 0.311 e. The molecule has 0 saturated carbocycles. The molecule has 1 saturated heterocycles. The molecule has 1 N–H and O–H groups in total. The van der Waals surface area contributed by atoms with Gasteiger partial charge in [0.2, 0.25) is 5.91 Å². The minimum Gasteiger partial charge on any atom is -0.455 e. The zero-order chi connectivity index (χ0) is 21.8. The molecule has 0 aromatic heterocycles. The van der Waals surface area contributed by atoms with Crippen LogP contribution >= 0.6 is 0 Å². The number of carbonyl (C=O) groups excluding carboxylic acids is 3. The van der Waals surface area contributed by atoms with Gasteiger partial charge in [0, 0.05) is 24.3 Å². The van der Waals surface area contributed by atoms with Crippen molar-refractivity contribution >= 4 is 29.2 Å². The van der Waals surface area contributed by atoms with Crippen LogP contribution < -0.4 is 10.2 Å². The van der Waals surface area contributed by atoms with Crippen molar-refractivity contribution in [3.63, 3.8) is 0 Å². The zero-order valence-electron chi connectivity index (χ0n) is 18.0. The van der Waals surface area contributed by atoms with Crippen LogP contribution in [0.15, 0.2) is 36.4 Å². The number of hydrogen-bond donors (Lipinski definition) is 1. The number of esters is 1. The van der Waals surface area contributed by atoms with Gasteiger partial charge in [-0.3, -0.25) is 14.4 Å². The van der Waals surface area contributed by atoms with E-state index in [0.29, 0.717) is 0 Å². The second-order valence-electron chi connectivity index (χ2n) is 7.79. The molecule has 3 rings (SSSR count). The van der Waals surface area contributed by atoms with Gasteiger partial charge < -0.3 is 15.0 Å². The third-order valence-electron chi connectivity index (χ3n) is 5.61. The number of carbonyl (C=O) groups is 3. The summed E-state index contributed by atoms with van der Waals surface area (Å²) in [6.45, 7) is 7.83. The monoisotopic (exact) mass is 408 g/mol. The lowest BCUT2D eigenvalue weighted by Crippen LogP contribution is -2.28. The van der Waals surface area contributed by atoms with Crippen molar-refractivity contribution in [2.75, 3.05) is 23.4 Å². The predicted octanol–water partition coefficient (Wildman–Crippen LogP) is 3.71. The van der Waals surface area contributed by atoms with E-state index in [1.54, 1.807) is 4.90 Å². The van der Waals surface area contributed by atoms with Crippen LogP contribution in [-0.2, 0) is 25.5 Å². The quantitative estimate of drug-likeness (QED) is 0.740. The van der Waals surface area contributed by atoms with E-state index in [-0.39, 0.29) is 31.4 Å². The Labute approximate surface area is 177 Å². The Morgan fingerprint density at radius 3 is 2.57 bits per heavy atom. The zero-order valence-corrected chi connectivity index (χ0v) is 18.0. The molecule has 6 heteroatoms. The number of para-hydroxylation sites is 1. The maximum absolute atomic E-state index is 12.5. The Morgan fingerprint density at radius 2 is 1.87 bits per heavy atom. The highest BCUT2D eigenvalue weighted by Gasteiger charge is 2.36. The number of anilines is 2. The van der Waals surface area contributed by atoms with Gasteiger partial charge in [-0.2, -0.15) is 0 Å². The molecular formula is C24H28N2O4. The number of nitrogens with one attached hydrogen (secondary N) is 1. The molecule has 0 aliphatic carbocycles. The normalized spacial score (nSPS) is 15.9. The fourth-order valence-electron chi connectivity index (χ4n) is 3.64. The van der Waals surface area contributed by atoms with Crippen molar-refractivity contribution in [2.45, 2.75) is 40.5 Å². The Bertz CT molecular complexity index is 983. The van der Waals surface area contributed by atoms with Crippen LogP contribution in [0.4, 0.5) is 11.4 Å². The Balaban J connectivity index is 1.57. The number of nitrogens with zero attached hydrogens (tertiary/aromatic N) is 1. The third kappa shape index (κ3) is 4.70. The van der Waals surface area contributed by atoms with E-state index >= 15 is 0 Å². The summed E-state index contributed by atoms with van der Waals surface area (Å²) >= 11 is 0. The third-order valence-corrected chi connectivity index (χ3v) is 5.61. The molecule has 1 fully saturated rings. The second-order valence-corrected chi connectivity index (χ2v) is 7.79. The molecule has 30 heavy (non-hydrogen) atoms. The molecule has 1 heterocycles. The first-order valence-electron chi connectivity index (χ1n) is 10.2. The SMILES string of the molecule is CCc1cccc(C)c1NC(=O)COC(=O)[C@@H]1CC(=O)N(c2ccc(C)c(C)c2)C1. The van der Waals surface area contributed by atoms with Crippen LogP contribution in [0.3, 0.4) is 0 Å². The topological polar surface area (TPSA) is 75.7 Å². The van der Waals surface area contributed by atoms with Crippen LogP contribution in [0.1, 0.15) is 35.6 Å². The molecule has 2 aromatic carbocycles. The molecule has 6 nitrogen and oxygen atoms in total. The summed E-state index contributed by atoms with van der Waals surface area (Å²) < 4.78 is 5.22. The molecule has 1 aliphatic heterocycles. The molecule has 1 aliphatic rings. The molecule has 2 aromatic rings. The van der Waals surface area contributed by atoms with Gasteiger partial charge in [0.1, 0.15) is 0 Å². The summed E-state index contributed by atoms with van der Waals surface area (Å²) in [6, 6.07) is 11.6. The van der Waals surface area contributed by atoms with Crippen molar-refractivity contribution in [2.24, 2.45) is 5.92 Å². The van der Waals surface area contributed by atoms with Gasteiger partial charge in [0.25, 0.3) is 5.91 Å². The first-order chi connectivity index (χ1) is 14.3. The molecule has 0 unspecified atom stereocenters. The number of hydrogen-bond acceptors (Lipinski definition) is 4. The van der Waals surface area contributed by atoms with E-state index in [1.807, 2.05) is 64.1 Å².